The molecule has 0 aromatic carbocycles. The maximum atomic E-state index is 10.3. The van der Waals surface area contributed by atoms with E-state index < -0.39 is 5.60 Å². The van der Waals surface area contributed by atoms with E-state index in [9.17, 15) is 5.11 Å². The highest BCUT2D eigenvalue weighted by Gasteiger charge is 2.40. The van der Waals surface area contributed by atoms with Gasteiger partial charge in [0, 0.05) is 19.4 Å². The number of ether oxygens (including phenoxy) is 1. The van der Waals surface area contributed by atoms with E-state index in [1.54, 1.807) is 0 Å². The highest BCUT2D eigenvalue weighted by molar-refractivity contribution is 5.00. The minimum absolute atomic E-state index is 0.121. The molecule has 0 amide bonds. The summed E-state index contributed by atoms with van der Waals surface area (Å²) in [6.07, 6.45) is 2.94. The molecule has 80 valence electrons. The molecule has 0 radical (unpaired) electrons. The quantitative estimate of drug-likeness (QED) is 0.751. The second kappa shape index (κ2) is 4.77. The van der Waals surface area contributed by atoms with E-state index in [-0.39, 0.29) is 12.0 Å². The Bertz CT molecular complexity index is 224. The maximum Gasteiger partial charge on any atom is 0.0851 e. The molecule has 1 aliphatic rings. The van der Waals surface area contributed by atoms with Crippen LogP contribution in [0.1, 0.15) is 39.5 Å². The van der Waals surface area contributed by atoms with Crippen molar-refractivity contribution in [1.29, 1.82) is 5.26 Å². The zero-order valence-electron chi connectivity index (χ0n) is 8.99. The molecule has 0 bridgehead atoms. The van der Waals surface area contributed by atoms with Crippen LogP contribution in [-0.2, 0) is 4.74 Å². The number of rotatable bonds is 3. The molecule has 0 aromatic rings. The zero-order chi connectivity index (χ0) is 10.6. The van der Waals surface area contributed by atoms with Crippen molar-refractivity contribution in [3.63, 3.8) is 0 Å². The number of nitriles is 1. The van der Waals surface area contributed by atoms with Crippen molar-refractivity contribution in [3.8, 4) is 6.07 Å². The van der Waals surface area contributed by atoms with E-state index in [1.165, 1.54) is 0 Å². The molecule has 3 nitrogen and oxygen atoms in total. The topological polar surface area (TPSA) is 53.2 Å². The molecule has 0 saturated carbocycles. The summed E-state index contributed by atoms with van der Waals surface area (Å²) in [6, 6.07) is 2.20. The minimum Gasteiger partial charge on any atom is -0.388 e. The second-order valence-electron chi connectivity index (χ2n) is 4.05. The van der Waals surface area contributed by atoms with Gasteiger partial charge in [0.15, 0.2) is 0 Å². The van der Waals surface area contributed by atoms with E-state index in [1.807, 2.05) is 13.8 Å². The highest BCUT2D eigenvalue weighted by Crippen LogP contribution is 2.34. The summed E-state index contributed by atoms with van der Waals surface area (Å²) in [4.78, 5) is 0. The summed E-state index contributed by atoms with van der Waals surface area (Å²) in [5.74, 6) is -0.250. The summed E-state index contributed by atoms with van der Waals surface area (Å²) >= 11 is 0. The molecule has 0 aromatic heterocycles. The molecule has 3 heteroatoms. The van der Waals surface area contributed by atoms with Crippen LogP contribution in [0.15, 0.2) is 0 Å². The lowest BCUT2D eigenvalue weighted by Crippen LogP contribution is -2.45. The number of hydrogen-bond acceptors (Lipinski definition) is 3. The number of nitrogens with zero attached hydrogens (tertiary/aromatic N) is 1. The normalized spacial score (nSPS) is 34.9. The fraction of sp³-hybridized carbons (Fsp3) is 0.909. The lowest BCUT2D eigenvalue weighted by atomic mass is 9.78. The third-order valence-corrected chi connectivity index (χ3v) is 3.14. The molecule has 1 heterocycles. The van der Waals surface area contributed by atoms with Crippen LogP contribution < -0.4 is 0 Å². The van der Waals surface area contributed by atoms with Crippen LogP contribution in [0.2, 0.25) is 0 Å². The van der Waals surface area contributed by atoms with Crippen molar-refractivity contribution in [2.75, 3.05) is 6.61 Å². The lowest BCUT2D eigenvalue weighted by molar-refractivity contribution is -0.122. The molecule has 0 aliphatic carbocycles. The Morgan fingerprint density at radius 1 is 1.64 bits per heavy atom. The summed E-state index contributed by atoms with van der Waals surface area (Å²) in [5.41, 5.74) is -0.817. The van der Waals surface area contributed by atoms with Crippen LogP contribution in [0.25, 0.3) is 0 Å². The van der Waals surface area contributed by atoms with Crippen LogP contribution >= 0.6 is 0 Å². The fourth-order valence-electron chi connectivity index (χ4n) is 2.13. The molecule has 1 aliphatic heterocycles. The van der Waals surface area contributed by atoms with Crippen LogP contribution in [-0.4, -0.2) is 23.4 Å². The lowest BCUT2D eigenvalue weighted by Gasteiger charge is -2.39. The highest BCUT2D eigenvalue weighted by atomic mass is 16.5. The van der Waals surface area contributed by atoms with Gasteiger partial charge in [-0.05, 0) is 12.8 Å². The number of aliphatic hydroxyl groups is 1. The maximum absolute atomic E-state index is 10.3. The third-order valence-electron chi connectivity index (χ3n) is 3.14. The zero-order valence-corrected chi connectivity index (χ0v) is 8.99. The smallest absolute Gasteiger partial charge is 0.0851 e. The van der Waals surface area contributed by atoms with Gasteiger partial charge in [0.05, 0.1) is 23.7 Å². The largest absolute Gasteiger partial charge is 0.388 e. The van der Waals surface area contributed by atoms with E-state index >= 15 is 0 Å². The molecule has 0 spiro atoms. The Labute approximate surface area is 85.7 Å². The Kier molecular flexibility index (Phi) is 3.91. The van der Waals surface area contributed by atoms with Gasteiger partial charge in [-0.3, -0.25) is 0 Å². The average Bonchev–Trinajstić information content (AvgIpc) is 2.19. The van der Waals surface area contributed by atoms with Crippen molar-refractivity contribution >= 4 is 0 Å². The third kappa shape index (κ3) is 2.26. The van der Waals surface area contributed by atoms with Crippen LogP contribution in [0.4, 0.5) is 0 Å². The summed E-state index contributed by atoms with van der Waals surface area (Å²) in [6.45, 7) is 4.57. The van der Waals surface area contributed by atoms with Gasteiger partial charge in [0.1, 0.15) is 0 Å². The first-order valence-electron chi connectivity index (χ1n) is 5.40. The van der Waals surface area contributed by atoms with Crippen molar-refractivity contribution in [2.24, 2.45) is 5.92 Å². The van der Waals surface area contributed by atoms with Crippen molar-refractivity contribution in [3.05, 3.63) is 0 Å². The first-order chi connectivity index (χ1) is 6.66. The Hall–Kier alpha value is -0.590. The van der Waals surface area contributed by atoms with Gasteiger partial charge in [0.2, 0.25) is 0 Å². The second-order valence-corrected chi connectivity index (χ2v) is 4.05. The van der Waals surface area contributed by atoms with Crippen molar-refractivity contribution in [1.82, 2.24) is 0 Å². The Morgan fingerprint density at radius 3 is 2.86 bits per heavy atom. The van der Waals surface area contributed by atoms with Gasteiger partial charge in [-0.25, -0.2) is 0 Å². The molecule has 3 unspecified atom stereocenters. The van der Waals surface area contributed by atoms with Crippen molar-refractivity contribution < 1.29 is 9.84 Å². The van der Waals surface area contributed by atoms with E-state index in [0.717, 1.165) is 6.42 Å². The van der Waals surface area contributed by atoms with Gasteiger partial charge < -0.3 is 9.84 Å². The molecule has 14 heavy (non-hydrogen) atoms. The van der Waals surface area contributed by atoms with Gasteiger partial charge in [0.25, 0.3) is 0 Å². The van der Waals surface area contributed by atoms with Gasteiger partial charge >= 0.3 is 0 Å². The predicted molar refractivity (Wildman–Crippen MR) is 53.6 cm³/mol. The number of hydrogen-bond donors (Lipinski definition) is 1. The van der Waals surface area contributed by atoms with Crippen LogP contribution in [0.5, 0.6) is 0 Å². The first kappa shape index (κ1) is 11.5. The van der Waals surface area contributed by atoms with E-state index in [0.29, 0.717) is 25.9 Å². The standard InChI is InChI=1S/C11H19NO2/c1-3-9(8-12)11(13)5-6-14-10(4-2)7-11/h9-10,13H,3-7H2,1-2H3. The van der Waals surface area contributed by atoms with Gasteiger partial charge in [-0.2, -0.15) is 5.26 Å². The SMILES string of the molecule is CCC1CC(O)(C(C#N)CC)CCO1. The predicted octanol–water partition coefficient (Wildman–Crippen LogP) is 1.86. The minimum atomic E-state index is -0.817. The molecular formula is C11H19NO2. The summed E-state index contributed by atoms with van der Waals surface area (Å²) in [5, 5.41) is 19.3. The average molecular weight is 197 g/mol. The van der Waals surface area contributed by atoms with Crippen molar-refractivity contribution in [2.45, 2.75) is 51.2 Å². The molecular weight excluding hydrogens is 178 g/mol. The van der Waals surface area contributed by atoms with Gasteiger partial charge in [-0.1, -0.05) is 13.8 Å². The molecule has 1 saturated heterocycles. The van der Waals surface area contributed by atoms with Crippen LogP contribution in [0.3, 0.4) is 0 Å². The molecule has 1 N–H and O–H groups in total. The van der Waals surface area contributed by atoms with Gasteiger partial charge in [-0.15, -0.1) is 0 Å². The molecule has 1 rings (SSSR count). The monoisotopic (exact) mass is 197 g/mol. The van der Waals surface area contributed by atoms with E-state index in [4.69, 9.17) is 10.00 Å². The summed E-state index contributed by atoms with van der Waals surface area (Å²) in [7, 11) is 0. The van der Waals surface area contributed by atoms with E-state index in [2.05, 4.69) is 6.07 Å². The fourth-order valence-corrected chi connectivity index (χ4v) is 2.13. The molecule has 3 atom stereocenters. The first-order valence-corrected chi connectivity index (χ1v) is 5.40. The summed E-state index contributed by atoms with van der Waals surface area (Å²) < 4.78 is 5.49. The van der Waals surface area contributed by atoms with Crippen LogP contribution in [0, 0.1) is 17.2 Å². The molecule has 1 fully saturated rings. The Morgan fingerprint density at radius 2 is 2.36 bits per heavy atom. The Balaban J connectivity index is 2.68.